The van der Waals surface area contributed by atoms with E-state index in [4.69, 9.17) is 9.47 Å². The van der Waals surface area contributed by atoms with Crippen LogP contribution in [0.15, 0.2) is 79.0 Å². The van der Waals surface area contributed by atoms with Crippen LogP contribution in [0.1, 0.15) is 16.8 Å². The van der Waals surface area contributed by atoms with Gasteiger partial charge in [-0.05, 0) is 35.4 Å². The highest BCUT2D eigenvalue weighted by Gasteiger charge is 2.21. The minimum atomic E-state index is 0.102. The molecule has 3 aromatic rings. The third-order valence-electron chi connectivity index (χ3n) is 4.94. The van der Waals surface area contributed by atoms with Gasteiger partial charge >= 0.3 is 0 Å². The molecule has 0 saturated carbocycles. The van der Waals surface area contributed by atoms with E-state index < -0.39 is 0 Å². The molecule has 144 valence electrons. The Morgan fingerprint density at radius 2 is 1.75 bits per heavy atom. The minimum absolute atomic E-state index is 0.102. The first kappa shape index (κ1) is 18.7. The number of morpholine rings is 1. The maximum absolute atomic E-state index is 5.98. The van der Waals surface area contributed by atoms with E-state index in [0.29, 0.717) is 6.61 Å². The van der Waals surface area contributed by atoms with E-state index in [1.54, 1.807) is 0 Å². The first-order valence-electron chi connectivity index (χ1n) is 9.85. The molecule has 4 rings (SSSR count). The van der Waals surface area contributed by atoms with Gasteiger partial charge in [-0.3, -0.25) is 9.88 Å². The van der Waals surface area contributed by atoms with Crippen LogP contribution in [0.3, 0.4) is 0 Å². The Morgan fingerprint density at radius 1 is 0.929 bits per heavy atom. The first-order valence-corrected chi connectivity index (χ1v) is 9.85. The fourth-order valence-corrected chi connectivity index (χ4v) is 3.47. The van der Waals surface area contributed by atoms with Crippen LogP contribution in [0, 0.1) is 0 Å². The molecular weight excluding hydrogens is 348 g/mol. The summed E-state index contributed by atoms with van der Waals surface area (Å²) in [4.78, 5) is 6.81. The van der Waals surface area contributed by atoms with Crippen LogP contribution in [-0.4, -0.2) is 42.3 Å². The topological polar surface area (TPSA) is 34.6 Å². The Hall–Kier alpha value is -2.69. The van der Waals surface area contributed by atoms with Crippen LogP contribution < -0.4 is 4.74 Å². The number of rotatable bonds is 7. The molecule has 4 heteroatoms. The highest BCUT2D eigenvalue weighted by Crippen LogP contribution is 2.16. The van der Waals surface area contributed by atoms with E-state index in [-0.39, 0.29) is 6.10 Å². The summed E-state index contributed by atoms with van der Waals surface area (Å²) >= 11 is 0. The Bertz CT molecular complexity index is 837. The Morgan fingerprint density at radius 3 is 2.54 bits per heavy atom. The lowest BCUT2D eigenvalue weighted by atomic mass is 10.1. The number of nitrogens with zero attached hydrogens (tertiary/aromatic N) is 2. The summed E-state index contributed by atoms with van der Waals surface area (Å²) in [6.45, 7) is 4.15. The fourth-order valence-electron chi connectivity index (χ4n) is 3.47. The molecule has 4 nitrogen and oxygen atoms in total. The fraction of sp³-hybridized carbons (Fsp3) is 0.292. The molecule has 0 aliphatic carbocycles. The van der Waals surface area contributed by atoms with Crippen molar-refractivity contribution in [2.24, 2.45) is 0 Å². The summed E-state index contributed by atoms with van der Waals surface area (Å²) < 4.78 is 11.9. The Kier molecular flexibility index (Phi) is 6.32. The van der Waals surface area contributed by atoms with Crippen LogP contribution in [-0.2, 0) is 17.7 Å². The second-order valence-electron chi connectivity index (χ2n) is 7.17. The quantitative estimate of drug-likeness (QED) is 0.627. The molecule has 0 bridgehead atoms. The van der Waals surface area contributed by atoms with Gasteiger partial charge in [-0.15, -0.1) is 0 Å². The van der Waals surface area contributed by atoms with Gasteiger partial charge in [-0.25, -0.2) is 0 Å². The molecule has 0 spiro atoms. The highest BCUT2D eigenvalue weighted by molar-refractivity contribution is 5.29. The summed E-state index contributed by atoms with van der Waals surface area (Å²) in [7, 11) is 0. The molecule has 2 aromatic carbocycles. The summed E-state index contributed by atoms with van der Waals surface area (Å²) in [5.41, 5.74) is 3.65. The monoisotopic (exact) mass is 374 g/mol. The van der Waals surface area contributed by atoms with Crippen molar-refractivity contribution in [2.75, 3.05) is 26.3 Å². The van der Waals surface area contributed by atoms with Crippen molar-refractivity contribution in [3.05, 3.63) is 95.8 Å². The zero-order chi connectivity index (χ0) is 19.0. The largest absolute Gasteiger partial charge is 0.491 e. The lowest BCUT2D eigenvalue weighted by molar-refractivity contribution is -0.0504. The SMILES string of the molecule is c1ccc(CN2CCOC(COc3ccc(Cc4ccccn4)cc3)C2)cc1. The molecule has 0 radical (unpaired) electrons. The molecule has 28 heavy (non-hydrogen) atoms. The van der Waals surface area contributed by atoms with Gasteiger partial charge in [0.25, 0.3) is 0 Å². The van der Waals surface area contributed by atoms with Gasteiger partial charge in [-0.2, -0.15) is 0 Å². The molecule has 1 saturated heterocycles. The second kappa shape index (κ2) is 9.49. The lowest BCUT2D eigenvalue weighted by Crippen LogP contribution is -2.44. The van der Waals surface area contributed by atoms with Crippen LogP contribution in [0.4, 0.5) is 0 Å². The number of ether oxygens (including phenoxy) is 2. The van der Waals surface area contributed by atoms with Crippen molar-refractivity contribution in [2.45, 2.75) is 19.1 Å². The van der Waals surface area contributed by atoms with E-state index in [2.05, 4.69) is 52.3 Å². The molecule has 1 unspecified atom stereocenters. The summed E-state index contributed by atoms with van der Waals surface area (Å²) in [6, 6.07) is 24.9. The number of hydrogen-bond acceptors (Lipinski definition) is 4. The smallest absolute Gasteiger partial charge is 0.119 e. The van der Waals surface area contributed by atoms with Crippen molar-refractivity contribution < 1.29 is 9.47 Å². The van der Waals surface area contributed by atoms with Gasteiger partial charge in [0, 0.05) is 37.9 Å². The molecule has 0 N–H and O–H groups in total. The number of aromatic nitrogens is 1. The minimum Gasteiger partial charge on any atom is -0.491 e. The van der Waals surface area contributed by atoms with Crippen molar-refractivity contribution in [1.82, 2.24) is 9.88 Å². The number of pyridine rings is 1. The molecule has 1 atom stereocenters. The van der Waals surface area contributed by atoms with Gasteiger partial charge in [0.05, 0.1) is 6.61 Å². The average Bonchev–Trinajstić information content (AvgIpc) is 2.75. The highest BCUT2D eigenvalue weighted by atomic mass is 16.5. The van der Waals surface area contributed by atoms with Crippen molar-refractivity contribution in [3.8, 4) is 5.75 Å². The number of hydrogen-bond donors (Lipinski definition) is 0. The second-order valence-corrected chi connectivity index (χ2v) is 7.17. The third-order valence-corrected chi connectivity index (χ3v) is 4.94. The molecular formula is C24H26N2O2. The summed E-state index contributed by atoms with van der Waals surface area (Å²) in [5, 5.41) is 0. The van der Waals surface area contributed by atoms with Gasteiger partial charge in [0.1, 0.15) is 18.5 Å². The predicted molar refractivity (Wildman–Crippen MR) is 110 cm³/mol. The van der Waals surface area contributed by atoms with Crippen LogP contribution in [0.25, 0.3) is 0 Å². The Balaban J connectivity index is 1.25. The van der Waals surface area contributed by atoms with Crippen molar-refractivity contribution in [1.29, 1.82) is 0 Å². The van der Waals surface area contributed by atoms with E-state index >= 15 is 0 Å². The molecule has 2 heterocycles. The van der Waals surface area contributed by atoms with Gasteiger partial charge in [0.15, 0.2) is 0 Å². The lowest BCUT2D eigenvalue weighted by Gasteiger charge is -2.32. The molecule has 1 aliphatic rings. The average molecular weight is 374 g/mol. The maximum atomic E-state index is 5.98. The molecule has 1 aromatic heterocycles. The van der Waals surface area contributed by atoms with Crippen molar-refractivity contribution in [3.63, 3.8) is 0 Å². The van der Waals surface area contributed by atoms with E-state index in [9.17, 15) is 0 Å². The molecule has 1 fully saturated rings. The normalized spacial score (nSPS) is 17.4. The zero-order valence-corrected chi connectivity index (χ0v) is 16.0. The van der Waals surface area contributed by atoms with Crippen molar-refractivity contribution >= 4 is 0 Å². The first-order chi connectivity index (χ1) is 13.8. The van der Waals surface area contributed by atoms with Gasteiger partial charge < -0.3 is 9.47 Å². The maximum Gasteiger partial charge on any atom is 0.119 e. The zero-order valence-electron chi connectivity index (χ0n) is 16.0. The summed E-state index contributed by atoms with van der Waals surface area (Å²) in [6.07, 6.45) is 2.77. The summed E-state index contributed by atoms with van der Waals surface area (Å²) in [5.74, 6) is 0.883. The molecule has 1 aliphatic heterocycles. The van der Waals surface area contributed by atoms with Gasteiger partial charge in [-0.1, -0.05) is 48.5 Å². The third kappa shape index (κ3) is 5.41. The standard InChI is InChI=1S/C24H26N2O2/c1-2-6-21(7-3-1)17-26-14-15-27-24(18-26)19-28-23-11-9-20(10-12-23)16-22-8-4-5-13-25-22/h1-13,24H,14-19H2. The van der Waals surface area contributed by atoms with Gasteiger partial charge in [0.2, 0.25) is 0 Å². The van der Waals surface area contributed by atoms with Crippen LogP contribution >= 0.6 is 0 Å². The van der Waals surface area contributed by atoms with E-state index in [0.717, 1.165) is 44.1 Å². The number of benzene rings is 2. The van der Waals surface area contributed by atoms with E-state index in [1.807, 2.05) is 36.5 Å². The predicted octanol–water partition coefficient (Wildman–Crippen LogP) is 3.95. The van der Waals surface area contributed by atoms with Crippen LogP contribution in [0.5, 0.6) is 5.75 Å². The Labute approximate surface area is 166 Å². The molecule has 0 amide bonds. The van der Waals surface area contributed by atoms with E-state index in [1.165, 1.54) is 11.1 Å². The van der Waals surface area contributed by atoms with Crippen LogP contribution in [0.2, 0.25) is 0 Å².